The highest BCUT2D eigenvalue weighted by molar-refractivity contribution is 5.93. The molecule has 1 saturated carbocycles. The summed E-state index contributed by atoms with van der Waals surface area (Å²) in [6.07, 6.45) is 7.65. The summed E-state index contributed by atoms with van der Waals surface area (Å²) in [6.45, 7) is 1.21. The maximum atomic E-state index is 14.0. The summed E-state index contributed by atoms with van der Waals surface area (Å²) in [5.41, 5.74) is 0.607. The van der Waals surface area contributed by atoms with E-state index in [2.05, 4.69) is 15.3 Å². The van der Waals surface area contributed by atoms with E-state index in [1.165, 1.54) is 18.3 Å². The van der Waals surface area contributed by atoms with E-state index in [-0.39, 0.29) is 22.9 Å². The monoisotopic (exact) mass is 368 g/mol. The summed E-state index contributed by atoms with van der Waals surface area (Å²) in [5.74, 6) is -1.40. The molecule has 1 saturated heterocycles. The Morgan fingerprint density at radius 1 is 1.22 bits per heavy atom. The number of carbonyl (C=O) groups excluding carboxylic acids is 2. The van der Waals surface area contributed by atoms with Crippen molar-refractivity contribution >= 4 is 11.8 Å². The van der Waals surface area contributed by atoms with E-state index < -0.39 is 11.7 Å². The lowest BCUT2D eigenvalue weighted by molar-refractivity contribution is -0.129. The van der Waals surface area contributed by atoms with Gasteiger partial charge in [0.25, 0.3) is 5.91 Å². The summed E-state index contributed by atoms with van der Waals surface area (Å²) in [6, 6.07) is 6.40. The number of aromatic nitrogens is 2. The van der Waals surface area contributed by atoms with Gasteiger partial charge in [-0.3, -0.25) is 14.6 Å². The molecule has 0 radical (unpaired) electrons. The average molecular weight is 368 g/mol. The Kier molecular flexibility index (Phi) is 4.59. The number of nitrogens with one attached hydrogen (secondary N) is 1. The van der Waals surface area contributed by atoms with Crippen LogP contribution in [0.25, 0.3) is 0 Å². The predicted molar refractivity (Wildman–Crippen MR) is 96.0 cm³/mol. The van der Waals surface area contributed by atoms with E-state index >= 15 is 0 Å². The van der Waals surface area contributed by atoms with E-state index in [1.807, 2.05) is 12.1 Å². The molecule has 7 heteroatoms. The van der Waals surface area contributed by atoms with E-state index in [4.69, 9.17) is 0 Å². The number of pyridine rings is 2. The van der Waals surface area contributed by atoms with Gasteiger partial charge in [0.15, 0.2) is 11.5 Å². The molecule has 140 valence electrons. The molecule has 1 aliphatic heterocycles. The van der Waals surface area contributed by atoms with Gasteiger partial charge in [0.2, 0.25) is 5.91 Å². The molecule has 1 N–H and O–H groups in total. The fourth-order valence-corrected chi connectivity index (χ4v) is 4.13. The van der Waals surface area contributed by atoms with Crippen molar-refractivity contribution in [3.8, 4) is 0 Å². The number of halogens is 1. The first kappa shape index (κ1) is 17.6. The van der Waals surface area contributed by atoms with E-state index in [1.54, 1.807) is 17.3 Å². The van der Waals surface area contributed by atoms with E-state index in [0.29, 0.717) is 19.6 Å². The molecule has 4 rings (SSSR count). The lowest BCUT2D eigenvalue weighted by Crippen LogP contribution is -2.45. The van der Waals surface area contributed by atoms with Crippen LogP contribution in [0.15, 0.2) is 42.9 Å². The largest absolute Gasteiger partial charge is 0.352 e. The van der Waals surface area contributed by atoms with Crippen molar-refractivity contribution in [3.63, 3.8) is 0 Å². The van der Waals surface area contributed by atoms with Gasteiger partial charge in [0, 0.05) is 43.6 Å². The van der Waals surface area contributed by atoms with Gasteiger partial charge in [0.05, 0.1) is 5.92 Å². The van der Waals surface area contributed by atoms with Crippen molar-refractivity contribution in [2.24, 2.45) is 11.3 Å². The van der Waals surface area contributed by atoms with Crippen LogP contribution >= 0.6 is 0 Å². The van der Waals surface area contributed by atoms with Crippen LogP contribution in [0.1, 0.15) is 35.3 Å². The fourth-order valence-electron chi connectivity index (χ4n) is 4.13. The van der Waals surface area contributed by atoms with Crippen LogP contribution in [0.5, 0.6) is 0 Å². The van der Waals surface area contributed by atoms with Crippen molar-refractivity contribution in [2.45, 2.75) is 25.8 Å². The second kappa shape index (κ2) is 7.06. The zero-order chi connectivity index (χ0) is 18.9. The van der Waals surface area contributed by atoms with Crippen molar-refractivity contribution in [3.05, 3.63) is 59.9 Å². The first-order valence-corrected chi connectivity index (χ1v) is 9.15. The minimum atomic E-state index is -0.629. The lowest BCUT2D eigenvalue weighted by atomic mass is 9.62. The normalized spacial score (nSPS) is 20.3. The van der Waals surface area contributed by atoms with Gasteiger partial charge in [-0.1, -0.05) is 6.42 Å². The maximum absolute atomic E-state index is 14.0. The van der Waals surface area contributed by atoms with Gasteiger partial charge in [-0.25, -0.2) is 9.37 Å². The van der Waals surface area contributed by atoms with Crippen LogP contribution < -0.4 is 5.32 Å². The molecule has 6 nitrogen and oxygen atoms in total. The Hall–Kier alpha value is -2.83. The second-order valence-electron chi connectivity index (χ2n) is 7.36. The minimum Gasteiger partial charge on any atom is -0.352 e. The third-order valence-electron chi connectivity index (χ3n) is 5.78. The molecule has 2 aliphatic rings. The number of amides is 2. The Morgan fingerprint density at radius 3 is 2.67 bits per heavy atom. The Balaban J connectivity index is 1.47. The topological polar surface area (TPSA) is 75.2 Å². The zero-order valence-corrected chi connectivity index (χ0v) is 14.9. The van der Waals surface area contributed by atoms with Gasteiger partial charge in [-0.05, 0) is 42.7 Å². The van der Waals surface area contributed by atoms with E-state index in [9.17, 15) is 14.0 Å². The van der Waals surface area contributed by atoms with Crippen LogP contribution in [0.2, 0.25) is 0 Å². The molecule has 0 aromatic carbocycles. The smallest absolute Gasteiger partial charge is 0.275 e. The molecule has 1 aliphatic carbocycles. The third-order valence-corrected chi connectivity index (χ3v) is 5.78. The van der Waals surface area contributed by atoms with Gasteiger partial charge >= 0.3 is 0 Å². The quantitative estimate of drug-likeness (QED) is 0.898. The number of likely N-dealkylation sites (tertiary alicyclic amines) is 1. The molecule has 2 amide bonds. The molecular formula is C20H21FN4O2. The van der Waals surface area contributed by atoms with Crippen LogP contribution in [0.4, 0.5) is 4.39 Å². The fraction of sp³-hybridized carbons (Fsp3) is 0.400. The van der Waals surface area contributed by atoms with E-state index in [0.717, 1.165) is 24.8 Å². The Labute approximate surface area is 156 Å². The molecule has 2 aromatic rings. The summed E-state index contributed by atoms with van der Waals surface area (Å²) in [4.78, 5) is 35.0. The molecule has 2 fully saturated rings. The number of hydrogen-bond donors (Lipinski definition) is 1. The first-order valence-electron chi connectivity index (χ1n) is 9.15. The summed E-state index contributed by atoms with van der Waals surface area (Å²) in [7, 11) is 0. The zero-order valence-electron chi connectivity index (χ0n) is 14.9. The van der Waals surface area contributed by atoms with Crippen LogP contribution in [0, 0.1) is 17.2 Å². The molecule has 1 spiro atoms. The maximum Gasteiger partial charge on any atom is 0.275 e. The van der Waals surface area contributed by atoms with Crippen molar-refractivity contribution < 1.29 is 14.0 Å². The Morgan fingerprint density at radius 2 is 2.00 bits per heavy atom. The molecule has 1 unspecified atom stereocenters. The van der Waals surface area contributed by atoms with Gasteiger partial charge in [-0.15, -0.1) is 0 Å². The summed E-state index contributed by atoms with van der Waals surface area (Å²) in [5, 5.41) is 2.98. The SMILES string of the molecule is O=C(NCc1ccncc1)C1CN(C(=O)c2ncccc2F)CC12CCC2. The molecule has 0 bridgehead atoms. The average Bonchev–Trinajstić information content (AvgIpc) is 3.08. The minimum absolute atomic E-state index is 0.0525. The second-order valence-corrected chi connectivity index (χ2v) is 7.36. The standard InChI is InChI=1S/C20H21FN4O2/c21-16-3-1-8-23-17(16)19(27)25-12-15(20(13-25)6-2-7-20)18(26)24-11-14-4-9-22-10-5-14/h1,3-5,8-10,15H,2,6-7,11-13H2,(H,24,26). The summed E-state index contributed by atoms with van der Waals surface area (Å²) < 4.78 is 14.0. The molecular weight excluding hydrogens is 347 g/mol. The highest BCUT2D eigenvalue weighted by atomic mass is 19.1. The number of rotatable bonds is 4. The molecule has 3 heterocycles. The highest BCUT2D eigenvalue weighted by Crippen LogP contribution is 2.52. The van der Waals surface area contributed by atoms with Gasteiger partial charge < -0.3 is 10.2 Å². The number of carbonyl (C=O) groups is 2. The lowest BCUT2D eigenvalue weighted by Gasteiger charge is -2.41. The Bertz CT molecular complexity index is 854. The molecule has 1 atom stereocenters. The number of nitrogens with zero attached hydrogens (tertiary/aromatic N) is 3. The number of hydrogen-bond acceptors (Lipinski definition) is 4. The van der Waals surface area contributed by atoms with Crippen molar-refractivity contribution in [2.75, 3.05) is 13.1 Å². The van der Waals surface area contributed by atoms with Crippen LogP contribution in [0.3, 0.4) is 0 Å². The van der Waals surface area contributed by atoms with Gasteiger partial charge in [0.1, 0.15) is 0 Å². The first-order chi connectivity index (χ1) is 13.1. The van der Waals surface area contributed by atoms with Crippen molar-refractivity contribution in [1.29, 1.82) is 0 Å². The summed E-state index contributed by atoms with van der Waals surface area (Å²) >= 11 is 0. The van der Waals surface area contributed by atoms with Crippen molar-refractivity contribution in [1.82, 2.24) is 20.2 Å². The predicted octanol–water partition coefficient (Wildman–Crippen LogP) is 2.17. The third kappa shape index (κ3) is 3.29. The van der Waals surface area contributed by atoms with Gasteiger partial charge in [-0.2, -0.15) is 0 Å². The highest BCUT2D eigenvalue weighted by Gasteiger charge is 2.54. The van der Waals surface area contributed by atoms with Crippen LogP contribution in [-0.4, -0.2) is 39.8 Å². The molecule has 2 aromatic heterocycles. The molecule has 27 heavy (non-hydrogen) atoms. The van der Waals surface area contributed by atoms with Crippen LogP contribution in [-0.2, 0) is 11.3 Å².